The first-order chi connectivity index (χ1) is 16.1. The Morgan fingerprint density at radius 3 is 3.06 bits per heavy atom. The molecule has 6 nitrogen and oxygen atoms in total. The second kappa shape index (κ2) is 10.9. The fourth-order valence-corrected chi connectivity index (χ4v) is 7.81. The van der Waals surface area contributed by atoms with Gasteiger partial charge in [0, 0.05) is 42.2 Å². The summed E-state index contributed by atoms with van der Waals surface area (Å²) in [5.41, 5.74) is 1.30. The van der Waals surface area contributed by atoms with E-state index in [1.807, 2.05) is 11.8 Å². The number of thioether (sulfide) groups is 1. The highest BCUT2D eigenvalue weighted by Crippen LogP contribution is 2.38. The van der Waals surface area contributed by atoms with E-state index < -0.39 is 17.8 Å². The maximum Gasteiger partial charge on any atom is 0.138 e. The van der Waals surface area contributed by atoms with Gasteiger partial charge >= 0.3 is 0 Å². The summed E-state index contributed by atoms with van der Waals surface area (Å²) in [6.07, 6.45) is 5.89. The van der Waals surface area contributed by atoms with Crippen molar-refractivity contribution < 1.29 is 9.50 Å². The lowest BCUT2D eigenvalue weighted by molar-refractivity contribution is -0.0128. The summed E-state index contributed by atoms with van der Waals surface area (Å²) >= 11 is 9.98. The van der Waals surface area contributed by atoms with Crippen LogP contribution in [0.25, 0.3) is 10.2 Å². The maximum atomic E-state index is 14.0. The van der Waals surface area contributed by atoms with Crippen molar-refractivity contribution in [3.63, 3.8) is 0 Å². The number of alkyl halides is 2. The van der Waals surface area contributed by atoms with E-state index in [9.17, 15) is 9.50 Å². The third kappa shape index (κ3) is 5.59. The minimum atomic E-state index is -0.926. The topological polar surface area (TPSA) is 64.5 Å². The second-order valence-corrected chi connectivity index (χ2v) is 12.2. The second-order valence-electron chi connectivity index (χ2n) is 9.44. The molecule has 2 aromatic rings. The molecule has 2 aliphatic heterocycles. The predicted octanol–water partition coefficient (Wildman–Crippen LogP) is 4.45. The molecule has 0 bridgehead atoms. The molecule has 4 atom stereocenters. The molecule has 1 aliphatic carbocycles. The Bertz CT molecular complexity index is 943. The van der Waals surface area contributed by atoms with Crippen LogP contribution in [0, 0.1) is 0 Å². The summed E-state index contributed by atoms with van der Waals surface area (Å²) in [6, 6.07) is 0.123. The Balaban J connectivity index is 1.25. The van der Waals surface area contributed by atoms with Crippen LogP contribution < -0.4 is 5.32 Å². The molecule has 33 heavy (non-hydrogen) atoms. The molecular weight excluding hydrogens is 481 g/mol. The predicted molar refractivity (Wildman–Crippen MR) is 136 cm³/mol. The molecule has 10 heteroatoms. The van der Waals surface area contributed by atoms with Crippen LogP contribution in [-0.2, 0) is 13.0 Å². The summed E-state index contributed by atoms with van der Waals surface area (Å²) < 4.78 is 14.0. The zero-order valence-corrected chi connectivity index (χ0v) is 21.3. The van der Waals surface area contributed by atoms with E-state index in [0.29, 0.717) is 12.8 Å². The minimum Gasteiger partial charge on any atom is -0.378 e. The smallest absolute Gasteiger partial charge is 0.138 e. The fraction of sp³-hybridized carbons (Fsp3) is 0.739. The number of aromatic nitrogens is 2. The number of nitrogens with one attached hydrogen (secondary N) is 1. The lowest BCUT2D eigenvalue weighted by Gasteiger charge is -2.31. The van der Waals surface area contributed by atoms with Crippen LogP contribution in [0.2, 0.25) is 0 Å². The Labute approximate surface area is 208 Å². The van der Waals surface area contributed by atoms with Crippen LogP contribution in [0.1, 0.15) is 49.0 Å². The van der Waals surface area contributed by atoms with Gasteiger partial charge in [0.1, 0.15) is 29.4 Å². The van der Waals surface area contributed by atoms with E-state index in [0.717, 1.165) is 73.6 Å². The van der Waals surface area contributed by atoms with Crippen molar-refractivity contribution in [1.82, 2.24) is 19.8 Å². The molecule has 4 heterocycles. The van der Waals surface area contributed by atoms with Gasteiger partial charge < -0.3 is 10.4 Å². The summed E-state index contributed by atoms with van der Waals surface area (Å²) in [5, 5.41) is 15.0. The summed E-state index contributed by atoms with van der Waals surface area (Å²) in [7, 11) is 0. The highest BCUT2D eigenvalue weighted by Gasteiger charge is 2.30. The number of aliphatic hydroxyl groups excluding tert-OH is 1. The van der Waals surface area contributed by atoms with E-state index in [2.05, 4.69) is 25.1 Å². The van der Waals surface area contributed by atoms with Crippen molar-refractivity contribution in [3.05, 3.63) is 16.8 Å². The zero-order chi connectivity index (χ0) is 22.8. The number of fused-ring (bicyclic) bond motifs is 3. The lowest BCUT2D eigenvalue weighted by Crippen LogP contribution is -2.39. The van der Waals surface area contributed by atoms with Gasteiger partial charge in [-0.3, -0.25) is 9.80 Å². The Hall–Kier alpha value is -0.710. The molecule has 0 aromatic carbocycles. The zero-order valence-electron chi connectivity index (χ0n) is 18.9. The molecule has 182 valence electrons. The molecule has 0 amide bonds. The largest absolute Gasteiger partial charge is 0.378 e. The molecule has 2 fully saturated rings. The fourth-order valence-electron chi connectivity index (χ4n) is 5.22. The van der Waals surface area contributed by atoms with E-state index in [1.54, 1.807) is 17.7 Å². The van der Waals surface area contributed by atoms with Crippen molar-refractivity contribution >= 4 is 50.7 Å². The molecule has 4 unspecified atom stereocenters. The van der Waals surface area contributed by atoms with Gasteiger partial charge in [-0.25, -0.2) is 14.4 Å². The van der Waals surface area contributed by atoms with Crippen LogP contribution >= 0.6 is 34.7 Å². The van der Waals surface area contributed by atoms with E-state index >= 15 is 0 Å². The van der Waals surface area contributed by atoms with Crippen molar-refractivity contribution in [2.45, 2.75) is 75.3 Å². The van der Waals surface area contributed by atoms with Gasteiger partial charge in [-0.1, -0.05) is 0 Å². The average molecular weight is 514 g/mol. The summed E-state index contributed by atoms with van der Waals surface area (Å²) in [6.45, 7) is 3.84. The molecule has 5 rings (SSSR count). The molecule has 1 saturated carbocycles. The van der Waals surface area contributed by atoms with Gasteiger partial charge in [0.25, 0.3) is 0 Å². The van der Waals surface area contributed by atoms with Gasteiger partial charge in [0.2, 0.25) is 0 Å². The van der Waals surface area contributed by atoms with Crippen molar-refractivity contribution in [2.24, 2.45) is 0 Å². The average Bonchev–Trinajstić information content (AvgIpc) is 3.42. The Kier molecular flexibility index (Phi) is 7.94. The van der Waals surface area contributed by atoms with E-state index in [-0.39, 0.29) is 6.04 Å². The highest BCUT2D eigenvalue weighted by atomic mass is 35.5. The molecule has 3 aliphatic rings. The van der Waals surface area contributed by atoms with Gasteiger partial charge in [-0.15, -0.1) is 34.7 Å². The quantitative estimate of drug-likeness (QED) is 0.418. The Morgan fingerprint density at radius 1 is 1.30 bits per heavy atom. The molecule has 2 aromatic heterocycles. The van der Waals surface area contributed by atoms with Crippen LogP contribution in [0.3, 0.4) is 0 Å². The molecule has 0 spiro atoms. The van der Waals surface area contributed by atoms with E-state index in [4.69, 9.17) is 11.6 Å². The summed E-state index contributed by atoms with van der Waals surface area (Å²) in [5.74, 6) is 3.21. The third-order valence-corrected chi connectivity index (χ3v) is 9.72. The van der Waals surface area contributed by atoms with Crippen molar-refractivity contribution in [2.75, 3.05) is 36.6 Å². The number of hydrogen-bond donors (Lipinski definition) is 2. The molecule has 0 radical (unpaired) electrons. The highest BCUT2D eigenvalue weighted by molar-refractivity contribution is 7.99. The van der Waals surface area contributed by atoms with Crippen LogP contribution in [0.5, 0.6) is 0 Å². The lowest BCUT2D eigenvalue weighted by atomic mass is 10.0. The van der Waals surface area contributed by atoms with Crippen LogP contribution in [-0.4, -0.2) is 80.0 Å². The standard InChI is InChI=1S/C23H33ClFN5OS2/c24-17-11-15(3-1-4-18(17)25)28-22-21-16-6-8-30(12-19(16)33-23(21)27-13-26-22)20(31)5-2-7-29-9-10-32-14-29/h13,15,17-18,20,31H,1-12,14H2,(H,26,27,28). The first-order valence-corrected chi connectivity index (χ1v) is 14.5. The first-order valence-electron chi connectivity index (χ1n) is 12.1. The number of thiophene rings is 1. The maximum absolute atomic E-state index is 14.0. The number of nitrogens with zero attached hydrogens (tertiary/aromatic N) is 4. The van der Waals surface area contributed by atoms with Gasteiger partial charge in [-0.2, -0.15) is 0 Å². The van der Waals surface area contributed by atoms with Crippen molar-refractivity contribution in [1.29, 1.82) is 0 Å². The third-order valence-electron chi connectivity index (χ3n) is 7.13. The number of aliphatic hydroxyl groups is 1. The van der Waals surface area contributed by atoms with Crippen molar-refractivity contribution in [3.8, 4) is 0 Å². The van der Waals surface area contributed by atoms with Gasteiger partial charge in [0.15, 0.2) is 0 Å². The number of anilines is 1. The molecular formula is C23H33ClFN5OS2. The molecule has 2 N–H and O–H groups in total. The minimum absolute atomic E-state index is 0.123. The Morgan fingerprint density at radius 2 is 2.21 bits per heavy atom. The number of halogens is 2. The van der Waals surface area contributed by atoms with E-state index in [1.165, 1.54) is 22.7 Å². The number of hydrogen-bond acceptors (Lipinski definition) is 8. The first kappa shape index (κ1) is 24.0. The normalized spacial score (nSPS) is 28.0. The monoisotopic (exact) mass is 513 g/mol. The summed E-state index contributed by atoms with van der Waals surface area (Å²) in [4.78, 5) is 16.0. The van der Waals surface area contributed by atoms with Gasteiger partial charge in [0.05, 0.1) is 10.8 Å². The van der Waals surface area contributed by atoms with Crippen LogP contribution in [0.15, 0.2) is 6.33 Å². The molecule has 1 saturated heterocycles. The SMILES string of the molecule is OC(CCCN1CCSC1)N1CCc2c(sc3ncnc(NC4CCCC(F)C(Cl)C4)c23)C1. The van der Waals surface area contributed by atoms with Gasteiger partial charge in [-0.05, 0) is 57.1 Å². The number of rotatable bonds is 7. The van der Waals surface area contributed by atoms with Crippen LogP contribution in [0.4, 0.5) is 10.2 Å².